The molecule has 0 saturated carbocycles. The Hall–Kier alpha value is -0.0457. The van der Waals surface area contributed by atoms with Crippen LogP contribution in [0.5, 0.6) is 0 Å². The molecule has 0 N–H and O–H groups in total. The molecule has 0 atom stereocenters. The minimum Gasteiger partial charge on any atom is -0.854 e. The van der Waals surface area contributed by atoms with E-state index in [-0.39, 0.29) is 48.1 Å². The summed E-state index contributed by atoms with van der Waals surface area (Å²) in [5.74, 6) is 2.41. The Morgan fingerprint density at radius 2 is 0.860 bits per heavy atom. The third-order valence-electron chi connectivity index (χ3n) is 6.62. The fraction of sp³-hybridized carbons (Fsp3) is 0.889. The second kappa shape index (κ2) is 44.1. The molecule has 0 fully saturated rings. The summed E-state index contributed by atoms with van der Waals surface area (Å²) in [5, 5.41) is 41.1. The number of hydrogen-bond acceptors (Lipinski definition) is 6. The number of unbranched alkanes of at least 4 members (excludes halogenated alkanes) is 6. The standard InChI is InChI=1S/C12H21O3.3C8H17O.Ti/c1-4-7-14-10-12(6-3,9-13)11-15-8-5-2;3*1-8(2)6-4-3-5-7-9;/h4-5H,1-2,6-11H2,3H3;3*8H,3-7H2,1-2H3;/q4*-1;+4. The van der Waals surface area contributed by atoms with Crippen LogP contribution in [-0.4, -0.2) is 52.9 Å². The van der Waals surface area contributed by atoms with Crippen LogP contribution < -0.4 is 20.4 Å². The molecule has 0 saturated heterocycles. The van der Waals surface area contributed by atoms with Gasteiger partial charge >= 0.3 is 21.7 Å². The summed E-state index contributed by atoms with van der Waals surface area (Å²) >= 11 is 0. The number of ether oxygens (including phenoxy) is 2. The molecule has 0 amide bonds. The van der Waals surface area contributed by atoms with Gasteiger partial charge in [0.2, 0.25) is 0 Å². The van der Waals surface area contributed by atoms with E-state index in [1.54, 1.807) is 12.2 Å². The molecule has 0 aromatic carbocycles. The number of rotatable bonds is 25. The largest absolute Gasteiger partial charge is 4.00 e. The predicted molar refractivity (Wildman–Crippen MR) is 174 cm³/mol. The first-order valence-corrected chi connectivity index (χ1v) is 16.8. The molecule has 0 bridgehead atoms. The van der Waals surface area contributed by atoms with Crippen LogP contribution in [0.3, 0.4) is 0 Å². The van der Waals surface area contributed by atoms with Crippen LogP contribution in [0.2, 0.25) is 0 Å². The minimum absolute atomic E-state index is 0. The van der Waals surface area contributed by atoms with Crippen LogP contribution in [0.4, 0.5) is 0 Å². The smallest absolute Gasteiger partial charge is 0.854 e. The van der Waals surface area contributed by atoms with Gasteiger partial charge in [-0.1, -0.05) is 138 Å². The van der Waals surface area contributed by atoms with Crippen molar-refractivity contribution < 1.29 is 51.6 Å². The van der Waals surface area contributed by atoms with Crippen LogP contribution in [-0.2, 0) is 31.2 Å². The van der Waals surface area contributed by atoms with Gasteiger partial charge in [-0.25, -0.2) is 0 Å². The van der Waals surface area contributed by atoms with E-state index in [2.05, 4.69) is 54.7 Å². The second-order valence-corrected chi connectivity index (χ2v) is 12.4. The summed E-state index contributed by atoms with van der Waals surface area (Å²) in [4.78, 5) is 0. The molecule has 0 spiro atoms. The Balaban J connectivity index is -0.000000153. The molecule has 0 aliphatic heterocycles. The average molecular weight is 649 g/mol. The van der Waals surface area contributed by atoms with Gasteiger partial charge in [0.1, 0.15) is 0 Å². The van der Waals surface area contributed by atoms with Crippen molar-refractivity contribution in [2.45, 2.75) is 132 Å². The van der Waals surface area contributed by atoms with Crippen molar-refractivity contribution in [3.05, 3.63) is 25.3 Å². The minimum atomic E-state index is -0.411. The van der Waals surface area contributed by atoms with E-state index in [1.165, 1.54) is 38.5 Å². The molecule has 0 aliphatic carbocycles. The van der Waals surface area contributed by atoms with E-state index in [4.69, 9.17) is 9.47 Å². The van der Waals surface area contributed by atoms with Crippen LogP contribution >= 0.6 is 0 Å². The molecule has 7 heteroatoms. The zero-order chi connectivity index (χ0) is 32.9. The Bertz CT molecular complexity index is 442. The molecule has 0 radical (unpaired) electrons. The molecule has 43 heavy (non-hydrogen) atoms. The maximum atomic E-state index is 11.2. The van der Waals surface area contributed by atoms with Crippen LogP contribution in [0.1, 0.15) is 132 Å². The first-order valence-electron chi connectivity index (χ1n) is 16.8. The van der Waals surface area contributed by atoms with Crippen molar-refractivity contribution in [3.8, 4) is 0 Å². The SMILES string of the molecule is C=CCOCC(CC)(C[O-])COCC=C.CC(C)CCCCC[O-].CC(C)CCCCC[O-].CC(C)CCCCC[O-].[Ti+4]. The zero-order valence-electron chi connectivity index (χ0n) is 29.6. The molecular formula is C36H72O6Ti. The maximum Gasteiger partial charge on any atom is 4.00 e. The van der Waals surface area contributed by atoms with Gasteiger partial charge in [0.15, 0.2) is 0 Å². The van der Waals surface area contributed by atoms with Crippen LogP contribution in [0, 0.1) is 23.2 Å². The molecule has 0 aromatic rings. The Kier molecular flexibility index (Phi) is 53.8. The fourth-order valence-electron chi connectivity index (χ4n) is 3.64. The Morgan fingerprint density at radius 1 is 0.558 bits per heavy atom. The van der Waals surface area contributed by atoms with Crippen molar-refractivity contribution in [2.75, 3.05) is 52.9 Å². The quantitative estimate of drug-likeness (QED) is 0.0700. The van der Waals surface area contributed by atoms with E-state index >= 15 is 0 Å². The van der Waals surface area contributed by atoms with Crippen molar-refractivity contribution in [1.29, 1.82) is 0 Å². The molecule has 0 aromatic heterocycles. The van der Waals surface area contributed by atoms with E-state index in [0.717, 1.165) is 62.7 Å². The van der Waals surface area contributed by atoms with E-state index < -0.39 is 5.41 Å². The topological polar surface area (TPSA) is 111 Å². The van der Waals surface area contributed by atoms with Crippen molar-refractivity contribution in [3.63, 3.8) is 0 Å². The normalized spacial score (nSPS) is 10.7. The summed E-state index contributed by atoms with van der Waals surface area (Å²) in [6.07, 6.45) is 17.6. The van der Waals surface area contributed by atoms with Gasteiger partial charge in [-0.2, -0.15) is 0 Å². The predicted octanol–water partition coefficient (Wildman–Crippen LogP) is 5.84. The van der Waals surface area contributed by atoms with Gasteiger partial charge in [0, 0.05) is 5.41 Å². The summed E-state index contributed by atoms with van der Waals surface area (Å²) < 4.78 is 10.7. The molecule has 256 valence electrons. The van der Waals surface area contributed by atoms with Gasteiger partial charge in [-0.05, 0) is 24.2 Å². The first kappa shape index (κ1) is 52.5. The van der Waals surface area contributed by atoms with E-state index in [0.29, 0.717) is 26.4 Å². The third kappa shape index (κ3) is 51.8. The molecular weight excluding hydrogens is 576 g/mol. The third-order valence-corrected chi connectivity index (χ3v) is 6.62. The molecule has 0 heterocycles. The molecule has 0 rings (SSSR count). The monoisotopic (exact) mass is 648 g/mol. The van der Waals surface area contributed by atoms with Gasteiger partial charge in [0.05, 0.1) is 26.4 Å². The van der Waals surface area contributed by atoms with Gasteiger partial charge < -0.3 is 29.9 Å². The zero-order valence-corrected chi connectivity index (χ0v) is 31.2. The van der Waals surface area contributed by atoms with Gasteiger partial charge in [0.25, 0.3) is 0 Å². The van der Waals surface area contributed by atoms with Crippen molar-refractivity contribution in [1.82, 2.24) is 0 Å². The van der Waals surface area contributed by atoms with Crippen molar-refractivity contribution >= 4 is 0 Å². The molecule has 0 aliphatic rings. The second-order valence-electron chi connectivity index (χ2n) is 12.4. The number of hydrogen-bond donors (Lipinski definition) is 0. The van der Waals surface area contributed by atoms with Gasteiger partial charge in [-0.3, -0.25) is 0 Å². The summed E-state index contributed by atoms with van der Waals surface area (Å²) in [5.41, 5.74) is -0.411. The van der Waals surface area contributed by atoms with Crippen LogP contribution in [0.25, 0.3) is 0 Å². The van der Waals surface area contributed by atoms with Crippen LogP contribution in [0.15, 0.2) is 25.3 Å². The van der Waals surface area contributed by atoms with Crippen molar-refractivity contribution in [2.24, 2.45) is 23.2 Å². The molecule has 0 unspecified atom stereocenters. The van der Waals surface area contributed by atoms with E-state index in [9.17, 15) is 20.4 Å². The fourth-order valence-corrected chi connectivity index (χ4v) is 3.64. The average Bonchev–Trinajstić information content (AvgIpc) is 2.96. The maximum absolute atomic E-state index is 11.2. The summed E-state index contributed by atoms with van der Waals surface area (Å²) in [6, 6.07) is 0. The Morgan fingerprint density at radius 3 is 1.05 bits per heavy atom. The first-order chi connectivity index (χ1) is 20.1. The summed E-state index contributed by atoms with van der Waals surface area (Å²) in [6.45, 7) is 24.4. The Labute approximate surface area is 284 Å². The molecule has 6 nitrogen and oxygen atoms in total. The summed E-state index contributed by atoms with van der Waals surface area (Å²) in [7, 11) is 0. The van der Waals surface area contributed by atoms with E-state index in [1.807, 2.05) is 6.92 Å². The van der Waals surface area contributed by atoms with Gasteiger partial charge in [-0.15, -0.1) is 39.6 Å².